The first-order chi connectivity index (χ1) is 38.9. The Labute approximate surface area is 494 Å². The number of hydrogen-bond donors (Lipinski definition) is 2. The van der Waals surface area contributed by atoms with E-state index in [-0.39, 0.29) is 0 Å². The molecule has 0 aromatic rings. The minimum atomic E-state index is -0.659. The van der Waals surface area contributed by atoms with Gasteiger partial charge in [0.15, 0.2) is 0 Å². The summed E-state index contributed by atoms with van der Waals surface area (Å²) >= 11 is 0. The van der Waals surface area contributed by atoms with Gasteiger partial charge in [0.2, 0.25) is 0 Å². The van der Waals surface area contributed by atoms with Gasteiger partial charge in [0.25, 0.3) is 0 Å². The molecule has 0 aromatic heterocycles. The molecule has 0 spiro atoms. The van der Waals surface area contributed by atoms with Crippen LogP contribution in [0.25, 0.3) is 0 Å². The van der Waals surface area contributed by atoms with Crippen molar-refractivity contribution in [2.75, 3.05) is 98.2 Å². The summed E-state index contributed by atoms with van der Waals surface area (Å²) in [5.41, 5.74) is 0. The fraction of sp³-hybridized carbons (Fsp3) is 0.971. The molecule has 0 amide bonds. The summed E-state index contributed by atoms with van der Waals surface area (Å²) in [6, 6.07) is 0. The van der Waals surface area contributed by atoms with Crippen molar-refractivity contribution in [3.8, 4) is 0 Å². The smallest absolute Gasteiger partial charge is 0.303 e. The molecular formula is C70H141N5O4. The molecule has 1 aliphatic heterocycles. The van der Waals surface area contributed by atoms with Crippen molar-refractivity contribution in [2.45, 2.75) is 342 Å². The lowest BCUT2D eigenvalue weighted by atomic mass is 10.1. The summed E-state index contributed by atoms with van der Waals surface area (Å²) in [5, 5.41) is 17.8. The first kappa shape index (κ1) is 75.8. The van der Waals surface area contributed by atoms with Crippen molar-refractivity contribution in [1.29, 1.82) is 0 Å². The predicted octanol–water partition coefficient (Wildman–Crippen LogP) is 19.2. The molecule has 1 rings (SSSR count). The van der Waals surface area contributed by atoms with E-state index in [2.05, 4.69) is 45.3 Å². The van der Waals surface area contributed by atoms with Crippen LogP contribution in [0.3, 0.4) is 0 Å². The van der Waals surface area contributed by atoms with Crippen molar-refractivity contribution in [3.05, 3.63) is 0 Å². The van der Waals surface area contributed by atoms with Crippen LogP contribution in [-0.2, 0) is 9.59 Å². The zero-order valence-electron chi connectivity index (χ0n) is 53.9. The topological polar surface area (TPSA) is 90.8 Å². The second-order valence-electron chi connectivity index (χ2n) is 25.4. The van der Waals surface area contributed by atoms with Gasteiger partial charge in [-0.2, -0.15) is 0 Å². The Hall–Kier alpha value is -1.26. The molecule has 1 saturated heterocycles. The van der Waals surface area contributed by atoms with Crippen molar-refractivity contribution in [3.63, 3.8) is 0 Å². The highest BCUT2D eigenvalue weighted by molar-refractivity contribution is 5.66. The van der Waals surface area contributed by atoms with Crippen molar-refractivity contribution in [2.24, 2.45) is 0 Å². The second kappa shape index (κ2) is 61.3. The molecule has 1 heterocycles. The van der Waals surface area contributed by atoms with Gasteiger partial charge in [0.1, 0.15) is 0 Å². The molecule has 0 atom stereocenters. The molecule has 0 aromatic carbocycles. The van der Waals surface area contributed by atoms with Crippen molar-refractivity contribution >= 4 is 11.9 Å². The molecule has 79 heavy (non-hydrogen) atoms. The Morgan fingerprint density at radius 2 is 0.430 bits per heavy atom. The molecule has 9 heteroatoms. The molecule has 1 fully saturated rings. The lowest BCUT2D eigenvalue weighted by Crippen LogP contribution is -2.50. The quantitative estimate of drug-likeness (QED) is 0.0578. The molecule has 0 radical (unpaired) electrons. The van der Waals surface area contributed by atoms with E-state index in [9.17, 15) is 9.59 Å². The Morgan fingerprint density at radius 1 is 0.253 bits per heavy atom. The number of aliphatic carboxylic acids is 2. The van der Waals surface area contributed by atoms with E-state index in [0.29, 0.717) is 12.8 Å². The maximum Gasteiger partial charge on any atom is 0.303 e. The number of carboxylic acids is 2. The van der Waals surface area contributed by atoms with E-state index in [1.54, 1.807) is 0 Å². The molecule has 2 N–H and O–H groups in total. The maximum atomic E-state index is 10.8. The highest BCUT2D eigenvalue weighted by Gasteiger charge is 2.19. The summed E-state index contributed by atoms with van der Waals surface area (Å²) in [6.07, 6.45) is 65.0. The third-order valence-electron chi connectivity index (χ3n) is 17.9. The molecule has 9 nitrogen and oxygen atoms in total. The largest absolute Gasteiger partial charge is 0.481 e. The van der Waals surface area contributed by atoms with E-state index in [1.165, 1.54) is 381 Å². The van der Waals surface area contributed by atoms with Gasteiger partial charge >= 0.3 is 11.9 Å². The van der Waals surface area contributed by atoms with Crippen LogP contribution in [0.5, 0.6) is 0 Å². The minimum absolute atomic E-state index is 0.320. The van der Waals surface area contributed by atoms with Crippen LogP contribution >= 0.6 is 0 Å². The normalized spacial score (nSPS) is 13.5. The Balaban J connectivity index is 2.73. The summed E-state index contributed by atoms with van der Waals surface area (Å²) in [6.45, 7) is 25.6. The summed E-state index contributed by atoms with van der Waals surface area (Å²) in [7, 11) is 0. The molecular weight excluding hydrogens is 975 g/mol. The van der Waals surface area contributed by atoms with Crippen LogP contribution in [0, 0.1) is 0 Å². The Kier molecular flexibility index (Phi) is 58.8. The summed E-state index contributed by atoms with van der Waals surface area (Å²) < 4.78 is 0. The standard InChI is InChI=1S/C70H141N5O4/c1-4-7-10-13-16-19-26-33-40-47-54-71(55-48-41-34-27-20-17-14-11-8-5-2)59-61-73(58-51-44-37-28-21-18-15-12-9-6-3)62-64-75-67-65-74(66-68-75)63-60-72(56-49-42-35-29-22-24-31-38-45-52-69(76)77)57-50-43-36-30-23-25-32-39-46-53-70(78)79/h4-68H2,1-3H3,(H,76,77)(H,78,79). The zero-order chi connectivity index (χ0) is 57.0. The molecule has 0 aliphatic carbocycles. The van der Waals surface area contributed by atoms with Crippen molar-refractivity contribution < 1.29 is 19.8 Å². The molecule has 0 bridgehead atoms. The fourth-order valence-electron chi connectivity index (χ4n) is 12.3. The highest BCUT2D eigenvalue weighted by atomic mass is 16.4. The number of piperazine rings is 1. The number of nitrogens with zero attached hydrogens (tertiary/aromatic N) is 5. The van der Waals surface area contributed by atoms with E-state index < -0.39 is 11.9 Å². The van der Waals surface area contributed by atoms with E-state index in [1.807, 2.05) is 0 Å². The van der Waals surface area contributed by atoms with Gasteiger partial charge in [-0.05, 0) is 77.7 Å². The minimum Gasteiger partial charge on any atom is -0.481 e. The molecule has 470 valence electrons. The maximum absolute atomic E-state index is 10.8. The van der Waals surface area contributed by atoms with E-state index in [0.717, 1.165) is 25.7 Å². The third kappa shape index (κ3) is 55.7. The Bertz CT molecular complexity index is 1170. The number of carboxylic acid groups (broad SMARTS) is 2. The van der Waals surface area contributed by atoms with Crippen molar-refractivity contribution in [1.82, 2.24) is 24.5 Å². The Morgan fingerprint density at radius 3 is 0.646 bits per heavy atom. The summed E-state index contributed by atoms with van der Waals surface area (Å²) in [5.74, 6) is -1.32. The lowest BCUT2D eigenvalue weighted by molar-refractivity contribution is -0.138. The average Bonchev–Trinajstić information content (AvgIpc) is 3.44. The van der Waals surface area contributed by atoms with Gasteiger partial charge in [-0.3, -0.25) is 19.4 Å². The number of rotatable bonds is 66. The van der Waals surface area contributed by atoms with Crippen LogP contribution in [0.15, 0.2) is 0 Å². The third-order valence-corrected chi connectivity index (χ3v) is 17.9. The number of unbranched alkanes of at least 4 members (excludes halogenated alkanes) is 43. The average molecular weight is 1120 g/mol. The van der Waals surface area contributed by atoms with E-state index >= 15 is 0 Å². The molecule has 1 aliphatic rings. The van der Waals surface area contributed by atoms with Crippen LogP contribution < -0.4 is 0 Å². The van der Waals surface area contributed by atoms with Crippen LogP contribution in [0.4, 0.5) is 0 Å². The zero-order valence-corrected chi connectivity index (χ0v) is 53.9. The van der Waals surface area contributed by atoms with Gasteiger partial charge in [-0.25, -0.2) is 0 Å². The monoisotopic (exact) mass is 1120 g/mol. The van der Waals surface area contributed by atoms with Crippen LogP contribution in [0.1, 0.15) is 342 Å². The molecule has 0 saturated carbocycles. The number of hydrogen-bond acceptors (Lipinski definition) is 7. The SMILES string of the molecule is CCCCCCCCCCCCN(CCCCCCCCCCCC)CCN(CCCCCCCCCCCC)CCN1CCN(CCN(CCCCCCCCCCCC(=O)O)CCCCCCCCCCCC(=O)O)CC1. The van der Waals surface area contributed by atoms with Crippen LogP contribution in [-0.4, -0.2) is 145 Å². The highest BCUT2D eigenvalue weighted by Crippen LogP contribution is 2.17. The second-order valence-corrected chi connectivity index (χ2v) is 25.4. The summed E-state index contributed by atoms with van der Waals surface area (Å²) in [4.78, 5) is 35.8. The van der Waals surface area contributed by atoms with E-state index in [4.69, 9.17) is 10.2 Å². The molecule has 0 unspecified atom stereocenters. The first-order valence-corrected chi connectivity index (χ1v) is 35.9. The fourth-order valence-corrected chi connectivity index (χ4v) is 12.3. The lowest BCUT2D eigenvalue weighted by Gasteiger charge is -2.37. The van der Waals surface area contributed by atoms with Gasteiger partial charge < -0.3 is 24.9 Å². The number of carbonyl (C=O) groups is 2. The van der Waals surface area contributed by atoms with Gasteiger partial charge in [-0.15, -0.1) is 0 Å². The van der Waals surface area contributed by atoms with Gasteiger partial charge in [0.05, 0.1) is 0 Å². The van der Waals surface area contributed by atoms with Gasteiger partial charge in [0, 0.05) is 78.3 Å². The predicted molar refractivity (Wildman–Crippen MR) is 345 cm³/mol. The first-order valence-electron chi connectivity index (χ1n) is 35.9. The van der Waals surface area contributed by atoms with Crippen LogP contribution in [0.2, 0.25) is 0 Å². The van der Waals surface area contributed by atoms with Gasteiger partial charge in [-0.1, -0.05) is 284 Å².